The van der Waals surface area contributed by atoms with Crippen LogP contribution < -0.4 is 4.74 Å². The molecular weight excluding hydrogens is 399 g/mol. The van der Waals surface area contributed by atoms with Gasteiger partial charge in [-0.1, -0.05) is 17.3 Å². The van der Waals surface area contributed by atoms with Crippen molar-refractivity contribution in [1.29, 1.82) is 0 Å². The average Bonchev–Trinajstić information content (AvgIpc) is 3.27. The molecule has 2 aromatic carbocycles. The van der Waals surface area contributed by atoms with Gasteiger partial charge in [0.15, 0.2) is 12.4 Å². The Morgan fingerprint density at radius 3 is 2.33 bits per heavy atom. The third kappa shape index (κ3) is 5.73. The molecule has 1 heterocycles. The molecule has 0 N–H and O–H groups in total. The molecule has 156 valence electrons. The maximum absolute atomic E-state index is 12.6. The molecule has 0 fully saturated rings. The molecule has 0 atom stereocenters. The van der Waals surface area contributed by atoms with E-state index in [1.54, 1.807) is 43.3 Å². The summed E-state index contributed by atoms with van der Waals surface area (Å²) in [5.41, 5.74) is 1.22. The van der Waals surface area contributed by atoms with E-state index in [0.717, 1.165) is 17.7 Å². The highest BCUT2D eigenvalue weighted by molar-refractivity contribution is 5.98. The molecule has 5 nitrogen and oxygen atoms in total. The molecule has 0 bridgehead atoms. The summed E-state index contributed by atoms with van der Waals surface area (Å²) in [7, 11) is 0. The predicted octanol–water partition coefficient (Wildman–Crippen LogP) is 5.50. The van der Waals surface area contributed by atoms with Crippen LogP contribution in [0.5, 0.6) is 5.75 Å². The third-order valence-corrected chi connectivity index (χ3v) is 4.15. The van der Waals surface area contributed by atoms with Gasteiger partial charge in [-0.25, -0.2) is 0 Å². The number of nitrogens with zero attached hydrogens (tertiary/aromatic N) is 1. The molecule has 0 saturated heterocycles. The first-order valence-electron chi connectivity index (χ1n) is 8.95. The molecule has 0 amide bonds. The number of benzene rings is 2. The highest BCUT2D eigenvalue weighted by Gasteiger charge is 2.29. The van der Waals surface area contributed by atoms with Crippen molar-refractivity contribution in [3.05, 3.63) is 89.4 Å². The van der Waals surface area contributed by atoms with Gasteiger partial charge in [-0.3, -0.25) is 4.79 Å². The fourth-order valence-electron chi connectivity index (χ4n) is 2.50. The highest BCUT2D eigenvalue weighted by atomic mass is 19.4. The fraction of sp³-hybridized carbons (Fsp3) is 0.182. The van der Waals surface area contributed by atoms with Crippen LogP contribution in [0.2, 0.25) is 0 Å². The Bertz CT molecular complexity index is 992. The molecule has 0 radical (unpaired) electrons. The van der Waals surface area contributed by atoms with Crippen LogP contribution in [0.25, 0.3) is 0 Å². The lowest BCUT2D eigenvalue weighted by molar-refractivity contribution is -0.137. The zero-order valence-corrected chi connectivity index (χ0v) is 16.0. The number of hydrogen-bond acceptors (Lipinski definition) is 5. The van der Waals surface area contributed by atoms with Gasteiger partial charge < -0.3 is 14.0 Å². The van der Waals surface area contributed by atoms with E-state index < -0.39 is 11.7 Å². The zero-order chi connectivity index (χ0) is 21.6. The van der Waals surface area contributed by atoms with Gasteiger partial charge in [0, 0.05) is 0 Å². The average molecular weight is 417 g/mol. The van der Waals surface area contributed by atoms with Crippen molar-refractivity contribution in [3.63, 3.8) is 0 Å². The molecule has 0 aliphatic heterocycles. The molecule has 30 heavy (non-hydrogen) atoms. The number of hydrogen-bond donors (Lipinski definition) is 0. The Morgan fingerprint density at radius 1 is 1.03 bits per heavy atom. The Morgan fingerprint density at radius 2 is 1.73 bits per heavy atom. The standard InChI is InChI=1S/C22H18F3NO4/c1-15(26-30-13-16-4-8-18(9-5-16)22(23,24)25)17-6-10-19(11-7-17)29-14-20(27)21-3-2-12-28-21/h2-12H,13-14H2,1H3/b26-15+. The number of rotatable bonds is 8. The molecule has 0 spiro atoms. The van der Waals surface area contributed by atoms with Crippen molar-refractivity contribution in [2.45, 2.75) is 19.7 Å². The van der Waals surface area contributed by atoms with Crippen molar-refractivity contribution in [2.75, 3.05) is 6.61 Å². The molecule has 0 aliphatic rings. The number of Topliss-reactive ketones (excluding diaryl/α,β-unsaturated/α-hetero) is 1. The van der Waals surface area contributed by atoms with E-state index in [1.807, 2.05) is 0 Å². The van der Waals surface area contributed by atoms with Crippen LogP contribution in [0, 0.1) is 0 Å². The van der Waals surface area contributed by atoms with E-state index in [4.69, 9.17) is 14.0 Å². The molecule has 3 aromatic rings. The number of halogens is 3. The second kappa shape index (κ2) is 9.30. The number of alkyl halides is 3. The second-order valence-electron chi connectivity index (χ2n) is 6.36. The van der Waals surface area contributed by atoms with Crippen LogP contribution in [0.15, 0.2) is 76.5 Å². The van der Waals surface area contributed by atoms with Crippen molar-refractivity contribution in [2.24, 2.45) is 5.16 Å². The summed E-state index contributed by atoms with van der Waals surface area (Å²) in [5, 5.41) is 3.99. The Labute approximate surface area is 170 Å². The van der Waals surface area contributed by atoms with Crippen LogP contribution in [0.1, 0.15) is 34.2 Å². The minimum atomic E-state index is -4.37. The van der Waals surface area contributed by atoms with Crippen molar-refractivity contribution >= 4 is 11.5 Å². The van der Waals surface area contributed by atoms with Gasteiger partial charge in [0.2, 0.25) is 5.78 Å². The molecular formula is C22H18F3NO4. The first kappa shape index (κ1) is 21.2. The van der Waals surface area contributed by atoms with E-state index in [0.29, 0.717) is 17.0 Å². The maximum atomic E-state index is 12.6. The number of furan rings is 1. The van der Waals surface area contributed by atoms with Gasteiger partial charge >= 0.3 is 6.18 Å². The van der Waals surface area contributed by atoms with Gasteiger partial charge in [-0.2, -0.15) is 13.2 Å². The topological polar surface area (TPSA) is 61.0 Å². The first-order valence-corrected chi connectivity index (χ1v) is 8.95. The second-order valence-corrected chi connectivity index (χ2v) is 6.36. The summed E-state index contributed by atoms with van der Waals surface area (Å²) in [6, 6.07) is 14.8. The molecule has 8 heteroatoms. The van der Waals surface area contributed by atoms with Crippen molar-refractivity contribution in [1.82, 2.24) is 0 Å². The third-order valence-electron chi connectivity index (χ3n) is 4.15. The van der Waals surface area contributed by atoms with Crippen molar-refractivity contribution < 1.29 is 32.0 Å². The van der Waals surface area contributed by atoms with Crippen LogP contribution in [-0.2, 0) is 17.6 Å². The van der Waals surface area contributed by atoms with Crippen LogP contribution >= 0.6 is 0 Å². The van der Waals surface area contributed by atoms with Crippen LogP contribution in [0.4, 0.5) is 13.2 Å². The molecule has 1 aromatic heterocycles. The number of ether oxygens (including phenoxy) is 1. The summed E-state index contributed by atoms with van der Waals surface area (Å²) in [6.45, 7) is 1.64. The van der Waals surface area contributed by atoms with Crippen molar-refractivity contribution in [3.8, 4) is 5.75 Å². The lowest BCUT2D eigenvalue weighted by Crippen LogP contribution is -2.10. The van der Waals surface area contributed by atoms with Crippen LogP contribution in [-0.4, -0.2) is 18.1 Å². The van der Waals surface area contributed by atoms with Gasteiger partial charge in [0.1, 0.15) is 12.4 Å². The largest absolute Gasteiger partial charge is 0.485 e. The Hall–Kier alpha value is -3.55. The lowest BCUT2D eigenvalue weighted by atomic mass is 10.1. The maximum Gasteiger partial charge on any atom is 0.416 e. The molecule has 0 aliphatic carbocycles. The van der Waals surface area contributed by atoms with Crippen LogP contribution in [0.3, 0.4) is 0 Å². The fourth-order valence-corrected chi connectivity index (χ4v) is 2.50. The van der Waals surface area contributed by atoms with E-state index in [2.05, 4.69) is 5.16 Å². The smallest absolute Gasteiger partial charge is 0.416 e. The van der Waals surface area contributed by atoms with E-state index in [1.165, 1.54) is 18.4 Å². The number of carbonyl (C=O) groups is 1. The van der Waals surface area contributed by atoms with Gasteiger partial charge in [0.25, 0.3) is 0 Å². The monoisotopic (exact) mass is 417 g/mol. The minimum absolute atomic E-state index is 0.0472. The SMILES string of the molecule is C/C(=N\OCc1ccc(C(F)(F)F)cc1)c1ccc(OCC(=O)c2ccco2)cc1. The minimum Gasteiger partial charge on any atom is -0.485 e. The zero-order valence-electron chi connectivity index (χ0n) is 16.0. The lowest BCUT2D eigenvalue weighted by Gasteiger charge is -2.08. The molecule has 0 saturated carbocycles. The van der Waals surface area contributed by atoms with Gasteiger partial charge in [-0.15, -0.1) is 0 Å². The summed E-state index contributed by atoms with van der Waals surface area (Å²) >= 11 is 0. The summed E-state index contributed by atoms with van der Waals surface area (Å²) in [4.78, 5) is 17.1. The molecule has 0 unspecified atom stereocenters. The Kier molecular flexibility index (Phi) is 6.56. The summed E-state index contributed by atoms with van der Waals surface area (Å²) < 4.78 is 48.1. The number of oxime groups is 1. The number of ketones is 1. The highest BCUT2D eigenvalue weighted by Crippen LogP contribution is 2.29. The number of carbonyl (C=O) groups excluding carboxylic acids is 1. The van der Waals surface area contributed by atoms with E-state index >= 15 is 0 Å². The summed E-state index contributed by atoms with van der Waals surface area (Å²) in [6.07, 6.45) is -2.94. The first-order chi connectivity index (χ1) is 14.3. The van der Waals surface area contributed by atoms with E-state index in [-0.39, 0.29) is 24.8 Å². The van der Waals surface area contributed by atoms with Gasteiger partial charge in [0.05, 0.1) is 17.5 Å². The predicted molar refractivity (Wildman–Crippen MR) is 103 cm³/mol. The normalized spacial score (nSPS) is 11.9. The quantitative estimate of drug-likeness (QED) is 0.276. The molecule has 3 rings (SSSR count). The Balaban J connectivity index is 1.50. The van der Waals surface area contributed by atoms with Gasteiger partial charge in [-0.05, 0) is 66.6 Å². The van der Waals surface area contributed by atoms with E-state index in [9.17, 15) is 18.0 Å². The summed E-state index contributed by atoms with van der Waals surface area (Å²) in [5.74, 6) is 0.482.